The van der Waals surface area contributed by atoms with Crippen molar-refractivity contribution >= 4 is 10.9 Å². The third-order valence-electron chi connectivity index (χ3n) is 3.31. The third-order valence-corrected chi connectivity index (χ3v) is 3.31. The van der Waals surface area contributed by atoms with Crippen LogP contribution in [0.3, 0.4) is 0 Å². The summed E-state index contributed by atoms with van der Waals surface area (Å²) in [6, 6.07) is 9.78. The predicted molar refractivity (Wildman–Crippen MR) is 72.4 cm³/mol. The normalized spacial score (nSPS) is 14.6. The van der Waals surface area contributed by atoms with Crippen LogP contribution in [0, 0.1) is 5.92 Å². The zero-order chi connectivity index (χ0) is 13.0. The van der Waals surface area contributed by atoms with Gasteiger partial charge < -0.3 is 9.84 Å². The second-order valence-electron chi connectivity index (χ2n) is 4.62. The van der Waals surface area contributed by atoms with E-state index in [-0.39, 0.29) is 5.92 Å². The summed E-state index contributed by atoms with van der Waals surface area (Å²) in [5.74, 6) is 0.163. The van der Waals surface area contributed by atoms with Crippen LogP contribution in [0.15, 0.2) is 36.5 Å². The summed E-state index contributed by atoms with van der Waals surface area (Å²) in [5.41, 5.74) is 1.87. The molecule has 0 aliphatic carbocycles. The van der Waals surface area contributed by atoms with Gasteiger partial charge in [-0.1, -0.05) is 25.1 Å². The molecule has 0 bridgehead atoms. The highest BCUT2D eigenvalue weighted by Crippen LogP contribution is 2.29. The van der Waals surface area contributed by atoms with E-state index in [9.17, 15) is 5.11 Å². The summed E-state index contributed by atoms with van der Waals surface area (Å²) in [7, 11) is 1.68. The van der Waals surface area contributed by atoms with Crippen LogP contribution in [0.1, 0.15) is 25.0 Å². The molecule has 0 aliphatic rings. The first kappa shape index (κ1) is 13.0. The Bertz CT molecular complexity index is 507. The zero-order valence-electron chi connectivity index (χ0n) is 10.8. The number of hydrogen-bond donors (Lipinski definition) is 1. The first-order valence-corrected chi connectivity index (χ1v) is 6.24. The molecule has 0 aliphatic heterocycles. The Morgan fingerprint density at radius 3 is 2.89 bits per heavy atom. The standard InChI is InChI=1S/C15H19NO2/c1-11(8-10-18-2)15(17)13-5-3-7-14-12(13)6-4-9-16-14/h3-7,9,11,15,17H,8,10H2,1-2H3. The second-order valence-corrected chi connectivity index (χ2v) is 4.62. The molecule has 0 fully saturated rings. The third kappa shape index (κ3) is 2.68. The van der Waals surface area contributed by atoms with Crippen LogP contribution in [0.2, 0.25) is 0 Å². The fraction of sp³-hybridized carbons (Fsp3) is 0.400. The van der Waals surface area contributed by atoms with Gasteiger partial charge in [0.15, 0.2) is 0 Å². The Kier molecular flexibility index (Phi) is 4.28. The lowest BCUT2D eigenvalue weighted by atomic mass is 9.92. The zero-order valence-corrected chi connectivity index (χ0v) is 10.8. The van der Waals surface area contributed by atoms with E-state index in [0.29, 0.717) is 6.61 Å². The molecular formula is C15H19NO2. The van der Waals surface area contributed by atoms with Gasteiger partial charge in [-0.2, -0.15) is 0 Å². The monoisotopic (exact) mass is 245 g/mol. The highest BCUT2D eigenvalue weighted by molar-refractivity contribution is 5.82. The van der Waals surface area contributed by atoms with Crippen molar-refractivity contribution in [3.63, 3.8) is 0 Å². The Hall–Kier alpha value is -1.45. The Morgan fingerprint density at radius 2 is 2.11 bits per heavy atom. The number of nitrogens with zero attached hydrogens (tertiary/aromatic N) is 1. The van der Waals surface area contributed by atoms with Gasteiger partial charge >= 0.3 is 0 Å². The van der Waals surface area contributed by atoms with Gasteiger partial charge in [0.1, 0.15) is 0 Å². The lowest BCUT2D eigenvalue weighted by molar-refractivity contribution is 0.0896. The molecule has 18 heavy (non-hydrogen) atoms. The van der Waals surface area contributed by atoms with Crippen LogP contribution in [-0.4, -0.2) is 23.8 Å². The van der Waals surface area contributed by atoms with E-state index in [1.165, 1.54) is 0 Å². The average molecular weight is 245 g/mol. The van der Waals surface area contributed by atoms with Crippen LogP contribution in [-0.2, 0) is 4.74 Å². The molecule has 96 valence electrons. The van der Waals surface area contributed by atoms with Crippen molar-refractivity contribution in [1.82, 2.24) is 4.98 Å². The van der Waals surface area contributed by atoms with Crippen LogP contribution in [0.25, 0.3) is 10.9 Å². The molecule has 1 aromatic heterocycles. The summed E-state index contributed by atoms with van der Waals surface area (Å²) in [4.78, 5) is 4.31. The number of hydrogen-bond acceptors (Lipinski definition) is 3. The molecule has 1 N–H and O–H groups in total. The number of benzene rings is 1. The van der Waals surface area contributed by atoms with E-state index in [1.54, 1.807) is 13.3 Å². The Balaban J connectivity index is 2.29. The number of ether oxygens (including phenoxy) is 1. The summed E-state index contributed by atoms with van der Waals surface area (Å²) in [6.07, 6.45) is 2.13. The number of pyridine rings is 1. The second kappa shape index (κ2) is 5.94. The van der Waals surface area contributed by atoms with Crippen molar-refractivity contribution in [1.29, 1.82) is 0 Å². The van der Waals surface area contributed by atoms with Crippen molar-refractivity contribution < 1.29 is 9.84 Å². The Labute approximate surface area is 107 Å². The highest BCUT2D eigenvalue weighted by Gasteiger charge is 2.18. The van der Waals surface area contributed by atoms with E-state index >= 15 is 0 Å². The van der Waals surface area contributed by atoms with E-state index in [0.717, 1.165) is 22.9 Å². The fourth-order valence-corrected chi connectivity index (χ4v) is 2.15. The maximum Gasteiger partial charge on any atom is 0.0822 e. The molecular weight excluding hydrogens is 226 g/mol. The summed E-state index contributed by atoms with van der Waals surface area (Å²) < 4.78 is 5.06. The van der Waals surface area contributed by atoms with Crippen molar-refractivity contribution in [2.75, 3.05) is 13.7 Å². The van der Waals surface area contributed by atoms with Gasteiger partial charge in [0.05, 0.1) is 11.6 Å². The molecule has 2 unspecified atom stereocenters. The lowest BCUT2D eigenvalue weighted by Crippen LogP contribution is -2.12. The minimum Gasteiger partial charge on any atom is -0.388 e. The molecule has 1 heterocycles. The van der Waals surface area contributed by atoms with E-state index in [4.69, 9.17) is 4.74 Å². The largest absolute Gasteiger partial charge is 0.388 e. The van der Waals surface area contributed by atoms with Gasteiger partial charge in [0, 0.05) is 25.3 Å². The summed E-state index contributed by atoms with van der Waals surface area (Å²) in [5, 5.41) is 11.5. The molecule has 3 nitrogen and oxygen atoms in total. The summed E-state index contributed by atoms with van der Waals surface area (Å²) >= 11 is 0. The van der Waals surface area contributed by atoms with Crippen molar-refractivity contribution in [3.05, 3.63) is 42.1 Å². The van der Waals surface area contributed by atoms with E-state index < -0.39 is 6.10 Å². The number of aliphatic hydroxyl groups is 1. The van der Waals surface area contributed by atoms with Crippen molar-refractivity contribution in [2.24, 2.45) is 5.92 Å². The minimum atomic E-state index is -0.479. The molecule has 1 aromatic carbocycles. The molecule has 0 amide bonds. The predicted octanol–water partition coefficient (Wildman–Crippen LogP) is 2.94. The van der Waals surface area contributed by atoms with Crippen LogP contribution in [0.5, 0.6) is 0 Å². The van der Waals surface area contributed by atoms with Crippen LogP contribution < -0.4 is 0 Å². The van der Waals surface area contributed by atoms with Gasteiger partial charge in [-0.05, 0) is 30.0 Å². The Morgan fingerprint density at radius 1 is 1.28 bits per heavy atom. The van der Waals surface area contributed by atoms with Gasteiger partial charge in [-0.3, -0.25) is 4.98 Å². The molecule has 2 atom stereocenters. The van der Waals surface area contributed by atoms with Crippen molar-refractivity contribution in [2.45, 2.75) is 19.4 Å². The van der Waals surface area contributed by atoms with Gasteiger partial charge in [-0.15, -0.1) is 0 Å². The maximum atomic E-state index is 10.4. The van der Waals surface area contributed by atoms with Crippen LogP contribution >= 0.6 is 0 Å². The van der Waals surface area contributed by atoms with Crippen molar-refractivity contribution in [3.8, 4) is 0 Å². The molecule has 3 heteroatoms. The first-order chi connectivity index (χ1) is 8.74. The number of aromatic nitrogens is 1. The lowest BCUT2D eigenvalue weighted by Gasteiger charge is -2.20. The maximum absolute atomic E-state index is 10.4. The van der Waals surface area contributed by atoms with Gasteiger partial charge in [0.25, 0.3) is 0 Å². The summed E-state index contributed by atoms with van der Waals surface area (Å²) in [6.45, 7) is 2.71. The van der Waals surface area contributed by atoms with Gasteiger partial charge in [0.2, 0.25) is 0 Å². The number of aliphatic hydroxyl groups excluding tert-OH is 1. The minimum absolute atomic E-state index is 0.163. The molecule has 0 radical (unpaired) electrons. The topological polar surface area (TPSA) is 42.4 Å². The number of methoxy groups -OCH3 is 1. The smallest absolute Gasteiger partial charge is 0.0822 e. The van der Waals surface area contributed by atoms with E-state index in [2.05, 4.69) is 4.98 Å². The average Bonchev–Trinajstić information content (AvgIpc) is 2.43. The molecule has 0 saturated carbocycles. The molecule has 2 rings (SSSR count). The SMILES string of the molecule is COCCC(C)C(O)c1cccc2ncccc12. The molecule has 0 saturated heterocycles. The fourth-order valence-electron chi connectivity index (χ4n) is 2.15. The number of rotatable bonds is 5. The van der Waals surface area contributed by atoms with E-state index in [1.807, 2.05) is 37.3 Å². The quantitative estimate of drug-likeness (QED) is 0.880. The van der Waals surface area contributed by atoms with Crippen LogP contribution in [0.4, 0.5) is 0 Å². The first-order valence-electron chi connectivity index (χ1n) is 6.24. The van der Waals surface area contributed by atoms with Gasteiger partial charge in [-0.25, -0.2) is 0 Å². The molecule has 0 spiro atoms. The molecule has 2 aromatic rings. The highest BCUT2D eigenvalue weighted by atomic mass is 16.5. The number of fused-ring (bicyclic) bond motifs is 1.